The molecule has 0 bridgehead atoms. The highest BCUT2D eigenvalue weighted by Crippen LogP contribution is 2.17. The van der Waals surface area contributed by atoms with E-state index >= 15 is 0 Å². The van der Waals surface area contributed by atoms with E-state index in [0.29, 0.717) is 17.1 Å². The predicted octanol–water partition coefficient (Wildman–Crippen LogP) is 3.29. The van der Waals surface area contributed by atoms with Crippen molar-refractivity contribution in [3.63, 3.8) is 0 Å². The van der Waals surface area contributed by atoms with E-state index in [2.05, 4.69) is 25.7 Å². The van der Waals surface area contributed by atoms with Crippen LogP contribution in [0.3, 0.4) is 0 Å². The lowest BCUT2D eigenvalue weighted by Gasteiger charge is -2.03. The average molecular weight is 380 g/mol. The van der Waals surface area contributed by atoms with E-state index in [9.17, 15) is 8.42 Å². The molecule has 0 aliphatic heterocycles. The SMILES string of the molecule is NS(=O)(=O)c1ccc(N=N/C(=N\Nc2ccccc2)c2cccnc2)cc1. The van der Waals surface area contributed by atoms with Gasteiger partial charge in [0.25, 0.3) is 0 Å². The minimum absolute atomic E-state index is 0.00773. The molecule has 1 heterocycles. The molecule has 0 saturated carbocycles. The van der Waals surface area contributed by atoms with Gasteiger partial charge in [0.2, 0.25) is 15.9 Å². The quantitative estimate of drug-likeness (QED) is 0.305. The number of azo groups is 1. The van der Waals surface area contributed by atoms with Crippen molar-refractivity contribution in [2.45, 2.75) is 4.90 Å². The van der Waals surface area contributed by atoms with Gasteiger partial charge in [-0.1, -0.05) is 18.2 Å². The minimum Gasteiger partial charge on any atom is -0.276 e. The van der Waals surface area contributed by atoms with E-state index in [1.165, 1.54) is 24.3 Å². The molecular formula is C18H16N6O2S. The standard InChI is InChI=1S/C18H16N6O2S/c19-27(25,26)17-10-8-16(9-11-17)22-24-18(14-5-4-12-20-13-14)23-21-15-6-2-1-3-7-15/h1-13,21H,(H2,19,25,26)/b23-18-,24-22?. The fraction of sp³-hybridized carbons (Fsp3) is 0. The molecule has 0 radical (unpaired) electrons. The van der Waals surface area contributed by atoms with E-state index in [-0.39, 0.29) is 4.90 Å². The van der Waals surface area contributed by atoms with Crippen LogP contribution in [0.25, 0.3) is 0 Å². The summed E-state index contributed by atoms with van der Waals surface area (Å²) in [6.07, 6.45) is 3.27. The predicted molar refractivity (Wildman–Crippen MR) is 103 cm³/mol. The summed E-state index contributed by atoms with van der Waals surface area (Å²) in [7, 11) is -3.75. The Labute approximate surface area is 156 Å². The smallest absolute Gasteiger partial charge is 0.238 e. The monoisotopic (exact) mass is 380 g/mol. The van der Waals surface area contributed by atoms with Gasteiger partial charge in [-0.15, -0.1) is 10.2 Å². The van der Waals surface area contributed by atoms with Crippen molar-refractivity contribution < 1.29 is 8.42 Å². The Morgan fingerprint density at radius 1 is 0.963 bits per heavy atom. The highest BCUT2D eigenvalue weighted by molar-refractivity contribution is 7.89. The molecule has 0 atom stereocenters. The molecule has 27 heavy (non-hydrogen) atoms. The Morgan fingerprint density at radius 3 is 2.33 bits per heavy atom. The van der Waals surface area contributed by atoms with Crippen molar-refractivity contribution in [1.82, 2.24) is 4.98 Å². The zero-order valence-electron chi connectivity index (χ0n) is 14.1. The number of anilines is 1. The van der Waals surface area contributed by atoms with Gasteiger partial charge in [-0.25, -0.2) is 13.6 Å². The van der Waals surface area contributed by atoms with Gasteiger partial charge in [0.15, 0.2) is 0 Å². The van der Waals surface area contributed by atoms with Gasteiger partial charge in [0.1, 0.15) is 0 Å². The van der Waals surface area contributed by atoms with Gasteiger partial charge in [0, 0.05) is 18.0 Å². The summed E-state index contributed by atoms with van der Waals surface area (Å²) in [6.45, 7) is 0. The zero-order chi connectivity index (χ0) is 19.1. The van der Waals surface area contributed by atoms with Crippen LogP contribution >= 0.6 is 0 Å². The summed E-state index contributed by atoms with van der Waals surface area (Å²) in [5.74, 6) is 0.322. The topological polar surface area (TPSA) is 122 Å². The maximum atomic E-state index is 11.3. The van der Waals surface area contributed by atoms with Gasteiger partial charge in [-0.3, -0.25) is 10.4 Å². The van der Waals surface area contributed by atoms with Crippen molar-refractivity contribution in [3.05, 3.63) is 84.7 Å². The molecule has 0 aliphatic carbocycles. The number of hydrogen-bond donors (Lipinski definition) is 2. The summed E-state index contributed by atoms with van der Waals surface area (Å²) in [5, 5.41) is 17.6. The van der Waals surface area contributed by atoms with E-state index in [1.807, 2.05) is 36.4 Å². The molecule has 0 saturated heterocycles. The summed E-state index contributed by atoms with van der Waals surface area (Å²) >= 11 is 0. The van der Waals surface area contributed by atoms with Crippen molar-refractivity contribution in [2.75, 3.05) is 5.43 Å². The first-order valence-corrected chi connectivity index (χ1v) is 9.41. The molecule has 136 valence electrons. The Hall–Kier alpha value is -3.43. The number of aromatic nitrogens is 1. The highest BCUT2D eigenvalue weighted by atomic mass is 32.2. The molecule has 8 nitrogen and oxygen atoms in total. The van der Waals surface area contributed by atoms with Gasteiger partial charge in [-0.05, 0) is 48.5 Å². The fourth-order valence-corrected chi connectivity index (χ4v) is 2.59. The molecule has 3 N–H and O–H groups in total. The largest absolute Gasteiger partial charge is 0.276 e. The van der Waals surface area contributed by atoms with Crippen molar-refractivity contribution >= 4 is 27.2 Å². The first-order chi connectivity index (χ1) is 13.0. The van der Waals surface area contributed by atoms with Crippen LogP contribution in [0, 0.1) is 0 Å². The Morgan fingerprint density at radius 2 is 1.70 bits per heavy atom. The number of sulfonamides is 1. The number of hydrazone groups is 1. The second kappa shape index (κ2) is 8.30. The van der Waals surface area contributed by atoms with Crippen LogP contribution in [0.1, 0.15) is 5.56 Å². The van der Waals surface area contributed by atoms with Crippen LogP contribution in [0.4, 0.5) is 11.4 Å². The van der Waals surface area contributed by atoms with Crippen molar-refractivity contribution in [1.29, 1.82) is 0 Å². The molecule has 2 aromatic carbocycles. The fourth-order valence-electron chi connectivity index (χ4n) is 2.08. The molecule has 9 heteroatoms. The minimum atomic E-state index is -3.75. The number of rotatable bonds is 5. The molecular weight excluding hydrogens is 364 g/mol. The van der Waals surface area contributed by atoms with E-state index in [4.69, 9.17) is 5.14 Å². The number of nitrogens with two attached hydrogens (primary N) is 1. The Balaban J connectivity index is 1.86. The van der Waals surface area contributed by atoms with Crippen molar-refractivity contribution in [2.24, 2.45) is 20.5 Å². The van der Waals surface area contributed by atoms with Gasteiger partial charge in [-0.2, -0.15) is 5.10 Å². The number of nitrogens with one attached hydrogen (secondary N) is 1. The highest BCUT2D eigenvalue weighted by Gasteiger charge is 2.07. The van der Waals surface area contributed by atoms with Gasteiger partial charge in [0.05, 0.1) is 16.3 Å². The summed E-state index contributed by atoms with van der Waals surface area (Å²) < 4.78 is 22.6. The van der Waals surface area contributed by atoms with Gasteiger partial charge >= 0.3 is 0 Å². The number of para-hydroxylation sites is 1. The molecule has 0 spiro atoms. The molecule has 1 aromatic heterocycles. The number of primary sulfonamides is 1. The third-order valence-corrected chi connectivity index (χ3v) is 4.34. The van der Waals surface area contributed by atoms with Crippen molar-refractivity contribution in [3.8, 4) is 0 Å². The van der Waals surface area contributed by atoms with Crippen LogP contribution in [0.2, 0.25) is 0 Å². The number of benzene rings is 2. The second-order valence-corrected chi connectivity index (χ2v) is 6.96. The summed E-state index contributed by atoms with van der Waals surface area (Å²) in [4.78, 5) is 4.07. The van der Waals surface area contributed by atoms with Crippen LogP contribution < -0.4 is 10.6 Å². The average Bonchev–Trinajstić information content (AvgIpc) is 2.69. The van der Waals surface area contributed by atoms with E-state index in [0.717, 1.165) is 5.69 Å². The molecule has 3 rings (SSSR count). The van der Waals surface area contributed by atoms with Crippen LogP contribution in [0.15, 0.2) is 99.3 Å². The van der Waals surface area contributed by atoms with Crippen LogP contribution in [-0.2, 0) is 10.0 Å². The Kier molecular flexibility index (Phi) is 5.64. The van der Waals surface area contributed by atoms with E-state index in [1.54, 1.807) is 18.5 Å². The number of hydrogen-bond acceptors (Lipinski definition) is 6. The lowest BCUT2D eigenvalue weighted by molar-refractivity contribution is 0.598. The number of amidine groups is 1. The molecule has 0 unspecified atom stereocenters. The normalized spacial score (nSPS) is 12.3. The third kappa shape index (κ3) is 5.27. The number of pyridine rings is 1. The molecule has 0 amide bonds. The molecule has 0 aliphatic rings. The third-order valence-electron chi connectivity index (χ3n) is 3.41. The lowest BCUT2D eigenvalue weighted by atomic mass is 10.3. The second-order valence-electron chi connectivity index (χ2n) is 5.39. The van der Waals surface area contributed by atoms with E-state index < -0.39 is 10.0 Å². The Bertz CT molecular complexity index is 1050. The molecule has 3 aromatic rings. The summed E-state index contributed by atoms with van der Waals surface area (Å²) in [6, 6.07) is 18.7. The summed E-state index contributed by atoms with van der Waals surface area (Å²) in [5.41, 5.74) is 4.85. The maximum absolute atomic E-state index is 11.3. The number of nitrogens with zero attached hydrogens (tertiary/aromatic N) is 4. The first kappa shape index (κ1) is 18.4. The zero-order valence-corrected chi connectivity index (χ0v) is 14.9. The van der Waals surface area contributed by atoms with Crippen LogP contribution in [0.5, 0.6) is 0 Å². The van der Waals surface area contributed by atoms with Gasteiger partial charge < -0.3 is 0 Å². The van der Waals surface area contributed by atoms with Crippen LogP contribution in [-0.4, -0.2) is 19.2 Å². The lowest BCUT2D eigenvalue weighted by Crippen LogP contribution is -2.11. The molecule has 0 fully saturated rings. The first-order valence-electron chi connectivity index (χ1n) is 7.86. The maximum Gasteiger partial charge on any atom is 0.238 e.